The van der Waals surface area contributed by atoms with Gasteiger partial charge in [-0.3, -0.25) is 4.79 Å². The predicted octanol–water partition coefficient (Wildman–Crippen LogP) is 2.22. The van der Waals surface area contributed by atoms with Crippen LogP contribution in [-0.2, 0) is 0 Å². The van der Waals surface area contributed by atoms with Crippen molar-refractivity contribution in [3.63, 3.8) is 0 Å². The molecule has 1 aromatic heterocycles. The van der Waals surface area contributed by atoms with Crippen molar-refractivity contribution in [3.8, 4) is 16.9 Å². The van der Waals surface area contributed by atoms with Crippen molar-refractivity contribution in [2.75, 3.05) is 0 Å². The minimum atomic E-state index is -0.167. The van der Waals surface area contributed by atoms with E-state index in [1.54, 1.807) is 6.20 Å². The molecule has 0 unspecified atom stereocenters. The van der Waals surface area contributed by atoms with Gasteiger partial charge >= 0.3 is 0 Å². The Kier molecular flexibility index (Phi) is 3.23. The highest BCUT2D eigenvalue weighted by atomic mass is 16.5. The summed E-state index contributed by atoms with van der Waals surface area (Å²) in [5.74, 6) is 0.695. The number of hydrogen-bond donors (Lipinski definition) is 1. The van der Waals surface area contributed by atoms with Gasteiger partial charge in [0.1, 0.15) is 5.75 Å². The molecule has 88 valence electrons. The van der Waals surface area contributed by atoms with Crippen LogP contribution in [0.2, 0.25) is 0 Å². The Morgan fingerprint density at radius 2 is 2.00 bits per heavy atom. The molecule has 4 heteroatoms. The van der Waals surface area contributed by atoms with Crippen molar-refractivity contribution in [2.24, 2.45) is 0 Å². The number of nitrogens with zero attached hydrogens (tertiary/aromatic N) is 1. The fraction of sp³-hybridized carbons (Fsp3) is 0.231. The number of aromatic amines is 1. The van der Waals surface area contributed by atoms with Gasteiger partial charge in [-0.2, -0.15) is 0 Å². The molecule has 0 atom stereocenters. The first-order chi connectivity index (χ1) is 8.18. The van der Waals surface area contributed by atoms with Crippen LogP contribution in [0, 0.1) is 0 Å². The predicted molar refractivity (Wildman–Crippen MR) is 66.1 cm³/mol. The first kappa shape index (κ1) is 11.4. The second kappa shape index (κ2) is 4.82. The van der Waals surface area contributed by atoms with Crippen LogP contribution in [0.3, 0.4) is 0 Å². The molecule has 0 radical (unpaired) electrons. The summed E-state index contributed by atoms with van der Waals surface area (Å²) in [5.41, 5.74) is 1.11. The molecule has 0 spiro atoms. The Bertz CT molecular complexity index is 561. The van der Waals surface area contributed by atoms with Gasteiger partial charge in [0.2, 0.25) is 0 Å². The van der Waals surface area contributed by atoms with Gasteiger partial charge < -0.3 is 9.72 Å². The molecule has 0 amide bonds. The van der Waals surface area contributed by atoms with Gasteiger partial charge in [-0.05, 0) is 19.9 Å². The summed E-state index contributed by atoms with van der Waals surface area (Å²) in [5, 5.41) is 0. The Morgan fingerprint density at radius 3 is 2.71 bits per heavy atom. The van der Waals surface area contributed by atoms with Gasteiger partial charge in [0.25, 0.3) is 5.56 Å². The number of rotatable bonds is 3. The third-order valence-corrected chi connectivity index (χ3v) is 2.26. The van der Waals surface area contributed by atoms with Crippen LogP contribution < -0.4 is 10.3 Å². The van der Waals surface area contributed by atoms with Crippen LogP contribution in [0.4, 0.5) is 0 Å². The van der Waals surface area contributed by atoms with E-state index in [0.717, 1.165) is 5.56 Å². The summed E-state index contributed by atoms with van der Waals surface area (Å²) < 4.78 is 5.67. The molecule has 1 N–H and O–H groups in total. The molecule has 0 fully saturated rings. The van der Waals surface area contributed by atoms with Crippen LogP contribution >= 0.6 is 0 Å². The highest BCUT2D eigenvalue weighted by Crippen LogP contribution is 2.27. The molecule has 2 rings (SSSR count). The van der Waals surface area contributed by atoms with Crippen LogP contribution in [0.25, 0.3) is 11.1 Å². The zero-order chi connectivity index (χ0) is 12.3. The van der Waals surface area contributed by atoms with Crippen LogP contribution in [-0.4, -0.2) is 16.1 Å². The van der Waals surface area contributed by atoms with Crippen molar-refractivity contribution in [3.05, 3.63) is 47.1 Å². The van der Waals surface area contributed by atoms with Crippen molar-refractivity contribution in [2.45, 2.75) is 20.0 Å². The van der Waals surface area contributed by atoms with E-state index in [2.05, 4.69) is 9.97 Å². The van der Waals surface area contributed by atoms with E-state index in [1.165, 1.54) is 6.33 Å². The smallest absolute Gasteiger partial charge is 0.258 e. The molecule has 0 saturated carbocycles. The van der Waals surface area contributed by atoms with E-state index in [1.807, 2.05) is 38.1 Å². The lowest BCUT2D eigenvalue weighted by Crippen LogP contribution is -2.11. The molecule has 0 bridgehead atoms. The van der Waals surface area contributed by atoms with E-state index in [4.69, 9.17) is 4.74 Å². The topological polar surface area (TPSA) is 55.0 Å². The number of nitrogens with one attached hydrogen (secondary N) is 1. The fourth-order valence-corrected chi connectivity index (χ4v) is 1.58. The molecule has 0 aliphatic rings. The number of hydrogen-bond acceptors (Lipinski definition) is 3. The summed E-state index contributed by atoms with van der Waals surface area (Å²) in [6.07, 6.45) is 2.98. The standard InChI is InChI=1S/C13H14N2O2/c1-9(2)17-12-6-4-3-5-10(12)11-7-14-8-15-13(11)16/h3-9H,1-2H3,(H,14,15,16). The van der Waals surface area contributed by atoms with E-state index >= 15 is 0 Å². The molecule has 0 aliphatic heterocycles. The van der Waals surface area contributed by atoms with Gasteiger partial charge in [0.05, 0.1) is 18.0 Å². The summed E-state index contributed by atoms with van der Waals surface area (Å²) in [6, 6.07) is 7.45. The Morgan fingerprint density at radius 1 is 1.24 bits per heavy atom. The lowest BCUT2D eigenvalue weighted by molar-refractivity contribution is 0.243. The maximum absolute atomic E-state index is 11.7. The van der Waals surface area contributed by atoms with Crippen molar-refractivity contribution >= 4 is 0 Å². The summed E-state index contributed by atoms with van der Waals surface area (Å²) >= 11 is 0. The SMILES string of the molecule is CC(C)Oc1ccccc1-c1cnc[nH]c1=O. The monoisotopic (exact) mass is 230 g/mol. The summed E-state index contributed by atoms with van der Waals surface area (Å²) in [6.45, 7) is 3.90. The molecule has 0 aliphatic carbocycles. The average Bonchev–Trinajstić information content (AvgIpc) is 2.30. The first-order valence-electron chi connectivity index (χ1n) is 5.47. The van der Waals surface area contributed by atoms with Crippen LogP contribution in [0.5, 0.6) is 5.75 Å². The van der Waals surface area contributed by atoms with E-state index in [-0.39, 0.29) is 11.7 Å². The number of benzene rings is 1. The number of ether oxygens (including phenoxy) is 1. The van der Waals surface area contributed by atoms with Gasteiger partial charge in [-0.15, -0.1) is 0 Å². The van der Waals surface area contributed by atoms with Gasteiger partial charge in [0, 0.05) is 11.8 Å². The largest absolute Gasteiger partial charge is 0.490 e. The van der Waals surface area contributed by atoms with Gasteiger partial charge in [0.15, 0.2) is 0 Å². The molecular formula is C13H14N2O2. The average molecular weight is 230 g/mol. The summed E-state index contributed by atoms with van der Waals surface area (Å²) in [4.78, 5) is 18.2. The third-order valence-electron chi connectivity index (χ3n) is 2.26. The quantitative estimate of drug-likeness (QED) is 0.879. The second-order valence-electron chi connectivity index (χ2n) is 3.96. The Labute approximate surface area is 99.3 Å². The van der Waals surface area contributed by atoms with E-state index in [9.17, 15) is 4.79 Å². The minimum Gasteiger partial charge on any atom is -0.490 e. The van der Waals surface area contributed by atoms with E-state index < -0.39 is 0 Å². The molecule has 4 nitrogen and oxygen atoms in total. The number of H-pyrrole nitrogens is 1. The molecule has 1 aromatic carbocycles. The van der Waals surface area contributed by atoms with E-state index in [0.29, 0.717) is 11.3 Å². The van der Waals surface area contributed by atoms with Crippen molar-refractivity contribution in [1.82, 2.24) is 9.97 Å². The normalized spacial score (nSPS) is 10.5. The van der Waals surface area contributed by atoms with Gasteiger partial charge in [-0.1, -0.05) is 18.2 Å². The fourth-order valence-electron chi connectivity index (χ4n) is 1.58. The second-order valence-corrected chi connectivity index (χ2v) is 3.96. The number of para-hydroxylation sites is 1. The number of aromatic nitrogens is 2. The first-order valence-corrected chi connectivity index (χ1v) is 5.47. The highest BCUT2D eigenvalue weighted by molar-refractivity contribution is 5.68. The lowest BCUT2D eigenvalue weighted by atomic mass is 10.1. The van der Waals surface area contributed by atoms with Crippen LogP contribution in [0.1, 0.15) is 13.8 Å². The molecule has 0 saturated heterocycles. The Hall–Kier alpha value is -2.10. The Balaban J connectivity index is 2.52. The molecule has 17 heavy (non-hydrogen) atoms. The highest BCUT2D eigenvalue weighted by Gasteiger charge is 2.10. The molecule has 2 aromatic rings. The maximum Gasteiger partial charge on any atom is 0.258 e. The maximum atomic E-state index is 11.7. The zero-order valence-electron chi connectivity index (χ0n) is 9.81. The summed E-state index contributed by atoms with van der Waals surface area (Å²) in [7, 11) is 0. The molecular weight excluding hydrogens is 216 g/mol. The van der Waals surface area contributed by atoms with Crippen molar-refractivity contribution < 1.29 is 4.74 Å². The van der Waals surface area contributed by atoms with Gasteiger partial charge in [-0.25, -0.2) is 4.98 Å². The molecule has 1 heterocycles. The lowest BCUT2D eigenvalue weighted by Gasteiger charge is -2.13. The minimum absolute atomic E-state index is 0.0619. The zero-order valence-corrected chi connectivity index (χ0v) is 9.81. The van der Waals surface area contributed by atoms with Crippen LogP contribution in [0.15, 0.2) is 41.6 Å². The third kappa shape index (κ3) is 2.53. The van der Waals surface area contributed by atoms with Crippen molar-refractivity contribution in [1.29, 1.82) is 0 Å².